The van der Waals surface area contributed by atoms with Crippen molar-refractivity contribution >= 4 is 15.9 Å². The topological polar surface area (TPSA) is 84.5 Å². The molecule has 1 aliphatic rings. The average Bonchev–Trinajstić information content (AvgIpc) is 3.14. The van der Waals surface area contributed by atoms with E-state index in [-0.39, 0.29) is 16.5 Å². The lowest BCUT2D eigenvalue weighted by Gasteiger charge is -2.17. The maximum Gasteiger partial charge on any atom is 0.254 e. The molecule has 0 spiro atoms. The zero-order valence-electron chi connectivity index (χ0n) is 15.7. The molecule has 3 rings (SSSR count). The van der Waals surface area contributed by atoms with Gasteiger partial charge in [-0.2, -0.15) is 0 Å². The Kier molecular flexibility index (Phi) is 5.53. The normalized spacial score (nSPS) is 14.5. The second-order valence-corrected chi connectivity index (χ2v) is 8.38. The molecule has 0 unspecified atom stereocenters. The Labute approximate surface area is 160 Å². The summed E-state index contributed by atoms with van der Waals surface area (Å²) in [4.78, 5) is 12.0. The average molecular weight is 388 g/mol. The van der Waals surface area contributed by atoms with Crippen LogP contribution >= 0.6 is 0 Å². The number of hydrogen-bond donors (Lipinski definition) is 2. The van der Waals surface area contributed by atoms with Crippen molar-refractivity contribution < 1.29 is 17.9 Å². The minimum absolute atomic E-state index is 0.0231. The van der Waals surface area contributed by atoms with E-state index in [1.165, 1.54) is 43.5 Å². The van der Waals surface area contributed by atoms with Gasteiger partial charge in [0.15, 0.2) is 0 Å². The van der Waals surface area contributed by atoms with Crippen molar-refractivity contribution in [3.05, 3.63) is 58.7 Å². The van der Waals surface area contributed by atoms with Gasteiger partial charge >= 0.3 is 0 Å². The fourth-order valence-corrected chi connectivity index (χ4v) is 4.65. The number of fused-ring (bicyclic) bond motifs is 1. The van der Waals surface area contributed by atoms with Crippen LogP contribution in [-0.4, -0.2) is 28.5 Å². The first-order valence-electron chi connectivity index (χ1n) is 8.90. The number of carbonyl (C=O) groups is 1. The molecule has 2 aromatic carbocycles. The molecule has 1 atom stereocenters. The highest BCUT2D eigenvalue weighted by Crippen LogP contribution is 2.27. The summed E-state index contributed by atoms with van der Waals surface area (Å²) in [5.41, 5.74) is 3.75. The number of amides is 1. The number of benzene rings is 2. The Balaban J connectivity index is 1.87. The number of ether oxygens (including phenoxy) is 1. The second kappa shape index (κ2) is 7.70. The molecule has 6 nitrogen and oxygen atoms in total. The lowest BCUT2D eigenvalue weighted by molar-refractivity contribution is 0.0960. The summed E-state index contributed by atoms with van der Waals surface area (Å²) in [5, 5.41) is 2.49. The number of sulfonamides is 1. The highest BCUT2D eigenvalue weighted by atomic mass is 32.2. The summed E-state index contributed by atoms with van der Waals surface area (Å²) >= 11 is 0. The third-order valence-electron chi connectivity index (χ3n) is 4.91. The Bertz CT molecular complexity index is 970. The molecule has 7 heteroatoms. The van der Waals surface area contributed by atoms with Crippen LogP contribution in [0.2, 0.25) is 0 Å². The Morgan fingerprint density at radius 3 is 2.56 bits per heavy atom. The molecule has 0 heterocycles. The molecule has 1 aliphatic carbocycles. The molecule has 2 aromatic rings. The van der Waals surface area contributed by atoms with Crippen LogP contribution in [0.5, 0.6) is 5.75 Å². The molecular formula is C20H24N2O4S. The zero-order valence-corrected chi connectivity index (χ0v) is 16.5. The van der Waals surface area contributed by atoms with Gasteiger partial charge in [0.2, 0.25) is 10.0 Å². The molecule has 0 aliphatic heterocycles. The van der Waals surface area contributed by atoms with Crippen LogP contribution in [0.3, 0.4) is 0 Å². The van der Waals surface area contributed by atoms with E-state index in [9.17, 15) is 13.2 Å². The summed E-state index contributed by atoms with van der Waals surface area (Å²) in [7, 11) is -0.879. The number of nitrogens with one attached hydrogen (secondary N) is 2. The first-order chi connectivity index (χ1) is 12.9. The van der Waals surface area contributed by atoms with Gasteiger partial charge in [-0.25, -0.2) is 13.1 Å². The molecule has 0 radical (unpaired) electrons. The van der Waals surface area contributed by atoms with Crippen molar-refractivity contribution in [2.45, 2.75) is 37.1 Å². The number of carbonyl (C=O) groups excluding carboxylic acids is 1. The zero-order chi connectivity index (χ0) is 19.6. The number of hydrogen-bond acceptors (Lipinski definition) is 4. The maximum atomic E-state index is 12.8. The van der Waals surface area contributed by atoms with Gasteiger partial charge in [0.05, 0.1) is 17.6 Å². The van der Waals surface area contributed by atoms with E-state index in [1.54, 1.807) is 0 Å². The minimum atomic E-state index is -3.80. The summed E-state index contributed by atoms with van der Waals surface area (Å²) < 4.78 is 33.5. The third-order valence-corrected chi connectivity index (χ3v) is 6.45. The van der Waals surface area contributed by atoms with E-state index in [4.69, 9.17) is 4.74 Å². The van der Waals surface area contributed by atoms with E-state index in [2.05, 4.69) is 22.2 Å². The molecule has 27 heavy (non-hydrogen) atoms. The van der Waals surface area contributed by atoms with Crippen molar-refractivity contribution in [1.82, 2.24) is 10.0 Å². The summed E-state index contributed by atoms with van der Waals surface area (Å²) in [5.74, 6) is -0.0875. The Morgan fingerprint density at radius 1 is 1.11 bits per heavy atom. The van der Waals surface area contributed by atoms with Crippen molar-refractivity contribution in [3.63, 3.8) is 0 Å². The predicted octanol–water partition coefficient (Wildman–Crippen LogP) is 2.58. The van der Waals surface area contributed by atoms with Crippen molar-refractivity contribution in [3.8, 4) is 5.75 Å². The third kappa shape index (κ3) is 3.99. The molecule has 1 amide bonds. The first-order valence-corrected chi connectivity index (χ1v) is 10.4. The van der Waals surface area contributed by atoms with E-state index < -0.39 is 15.9 Å². The summed E-state index contributed by atoms with van der Waals surface area (Å²) in [6.07, 6.45) is 3.27. The summed E-state index contributed by atoms with van der Waals surface area (Å²) in [6, 6.07) is 10.0. The number of rotatable bonds is 6. The van der Waals surface area contributed by atoms with Crippen molar-refractivity contribution in [1.29, 1.82) is 0 Å². The van der Waals surface area contributed by atoms with E-state index in [0.29, 0.717) is 5.75 Å². The van der Waals surface area contributed by atoms with E-state index in [1.807, 2.05) is 13.0 Å². The number of aryl methyl sites for hydroxylation is 2. The van der Waals surface area contributed by atoms with Crippen molar-refractivity contribution in [2.75, 3.05) is 14.2 Å². The van der Waals surface area contributed by atoms with E-state index >= 15 is 0 Å². The lowest BCUT2D eigenvalue weighted by atomic mass is 10.0. The van der Waals surface area contributed by atoms with Gasteiger partial charge in [-0.15, -0.1) is 0 Å². The molecule has 0 saturated heterocycles. The molecule has 0 aromatic heterocycles. The first kappa shape index (κ1) is 19.4. The van der Waals surface area contributed by atoms with Gasteiger partial charge in [-0.05, 0) is 61.1 Å². The molecule has 2 N–H and O–H groups in total. The smallest absolute Gasteiger partial charge is 0.254 e. The van der Waals surface area contributed by atoms with Gasteiger partial charge in [-0.3, -0.25) is 4.79 Å². The second-order valence-electron chi connectivity index (χ2n) is 6.67. The SMILES string of the molecule is CNC(=O)c1cc(S(=O)(=O)N[C@@H](C)c2ccc3c(c2)CCC3)ccc1OC. The molecule has 0 saturated carbocycles. The predicted molar refractivity (Wildman–Crippen MR) is 104 cm³/mol. The lowest BCUT2D eigenvalue weighted by Crippen LogP contribution is -2.27. The van der Waals surface area contributed by atoms with Gasteiger partial charge in [0.25, 0.3) is 5.91 Å². The fraction of sp³-hybridized carbons (Fsp3) is 0.350. The highest BCUT2D eigenvalue weighted by molar-refractivity contribution is 7.89. The standard InChI is InChI=1S/C20H24N2O4S/c1-13(15-8-7-14-5-4-6-16(14)11-15)22-27(24,25)17-9-10-19(26-3)18(12-17)20(23)21-2/h7-13,22H,4-6H2,1-3H3,(H,21,23)/t13-/m0/s1. The van der Waals surface area contributed by atoms with Crippen LogP contribution in [0.1, 0.15) is 46.4 Å². The van der Waals surface area contributed by atoms with Crippen molar-refractivity contribution in [2.24, 2.45) is 0 Å². The fourth-order valence-electron chi connectivity index (χ4n) is 3.40. The largest absolute Gasteiger partial charge is 0.496 e. The monoisotopic (exact) mass is 388 g/mol. The van der Waals surface area contributed by atoms with Gasteiger partial charge in [0, 0.05) is 13.1 Å². The van der Waals surface area contributed by atoms with Crippen LogP contribution in [0.15, 0.2) is 41.3 Å². The van der Waals surface area contributed by atoms with Crippen LogP contribution in [0, 0.1) is 0 Å². The van der Waals surface area contributed by atoms with Gasteiger partial charge in [-0.1, -0.05) is 18.2 Å². The summed E-state index contributed by atoms with van der Waals surface area (Å²) in [6.45, 7) is 1.82. The minimum Gasteiger partial charge on any atom is -0.496 e. The maximum absolute atomic E-state index is 12.8. The highest BCUT2D eigenvalue weighted by Gasteiger charge is 2.22. The quantitative estimate of drug-likeness (QED) is 0.797. The number of methoxy groups -OCH3 is 1. The van der Waals surface area contributed by atoms with Crippen LogP contribution in [0.4, 0.5) is 0 Å². The van der Waals surface area contributed by atoms with Gasteiger partial charge in [0.1, 0.15) is 5.75 Å². The molecule has 0 fully saturated rings. The van der Waals surface area contributed by atoms with Crippen LogP contribution < -0.4 is 14.8 Å². The molecule has 0 bridgehead atoms. The molecular weight excluding hydrogens is 364 g/mol. The van der Waals surface area contributed by atoms with E-state index in [0.717, 1.165) is 24.8 Å². The van der Waals surface area contributed by atoms with Crippen LogP contribution in [0.25, 0.3) is 0 Å². The Hall–Kier alpha value is -2.38. The Morgan fingerprint density at radius 2 is 1.85 bits per heavy atom. The van der Waals surface area contributed by atoms with Crippen LogP contribution in [-0.2, 0) is 22.9 Å². The van der Waals surface area contributed by atoms with Gasteiger partial charge < -0.3 is 10.1 Å². The molecule has 144 valence electrons.